The van der Waals surface area contributed by atoms with Crippen LogP contribution < -0.4 is 16.0 Å². The first-order valence-corrected chi connectivity index (χ1v) is 13.6. The number of H-pyrrole nitrogens is 1. The van der Waals surface area contributed by atoms with Crippen molar-refractivity contribution in [3.63, 3.8) is 0 Å². The van der Waals surface area contributed by atoms with Crippen LogP contribution in [0.4, 0.5) is 29.3 Å². The number of benzene rings is 2. The van der Waals surface area contributed by atoms with E-state index in [4.69, 9.17) is 11.6 Å². The number of pyridine rings is 1. The Morgan fingerprint density at radius 2 is 1.89 bits per heavy atom. The molecule has 226 valence electrons. The fourth-order valence-corrected chi connectivity index (χ4v) is 4.71. The molecule has 3 heterocycles. The van der Waals surface area contributed by atoms with Gasteiger partial charge in [0.1, 0.15) is 17.5 Å². The van der Waals surface area contributed by atoms with Crippen LogP contribution in [0, 0.1) is 17.5 Å². The molecule has 1 unspecified atom stereocenters. The number of amides is 3. The van der Waals surface area contributed by atoms with E-state index < -0.39 is 47.0 Å². The van der Waals surface area contributed by atoms with E-state index in [2.05, 4.69) is 35.6 Å². The third-order valence-corrected chi connectivity index (χ3v) is 7.01. The van der Waals surface area contributed by atoms with E-state index >= 15 is 0 Å². The summed E-state index contributed by atoms with van der Waals surface area (Å²) in [5, 5.41) is 7.76. The second kappa shape index (κ2) is 13.0. The molecular weight excluding hydrogens is 601 g/mol. The summed E-state index contributed by atoms with van der Waals surface area (Å²) in [6.45, 7) is 0. The lowest BCUT2D eigenvalue weighted by molar-refractivity contribution is -0.117. The Morgan fingerprint density at radius 1 is 1.09 bits per heavy atom. The summed E-state index contributed by atoms with van der Waals surface area (Å²) < 4.78 is 47.8. The lowest BCUT2D eigenvalue weighted by Crippen LogP contribution is -2.29. The molecule has 1 atom stereocenters. The number of fused-ring (bicyclic) bond motifs is 6. The number of carbonyl (C=O) groups excluding carboxylic acids is 3. The molecule has 0 aliphatic carbocycles. The van der Waals surface area contributed by atoms with Crippen molar-refractivity contribution in [3.05, 3.63) is 100.0 Å². The van der Waals surface area contributed by atoms with Crippen LogP contribution in [-0.2, 0) is 27.2 Å². The number of imidazole rings is 1. The van der Waals surface area contributed by atoms with Crippen LogP contribution in [0.2, 0.25) is 5.02 Å². The van der Waals surface area contributed by atoms with Crippen LogP contribution in [0.15, 0.2) is 54.7 Å². The second-order valence-corrected chi connectivity index (χ2v) is 10.1. The number of nitrogens with zero attached hydrogens (tertiary/aromatic N) is 2. The normalized spacial score (nSPS) is 14.8. The molecule has 2 aromatic heterocycles. The molecule has 4 aromatic rings. The zero-order chi connectivity index (χ0) is 31.4. The zero-order valence-corrected chi connectivity index (χ0v) is 23.8. The van der Waals surface area contributed by atoms with Crippen molar-refractivity contribution in [1.29, 1.82) is 0 Å². The van der Waals surface area contributed by atoms with Crippen LogP contribution in [0.1, 0.15) is 35.2 Å². The van der Waals surface area contributed by atoms with E-state index in [1.807, 2.05) is 0 Å². The lowest BCUT2D eigenvalue weighted by atomic mass is 10.1. The third kappa shape index (κ3) is 6.89. The van der Waals surface area contributed by atoms with E-state index in [-0.39, 0.29) is 35.8 Å². The number of anilines is 2. The second-order valence-electron chi connectivity index (χ2n) is 9.69. The van der Waals surface area contributed by atoms with Crippen LogP contribution >= 0.6 is 11.6 Å². The van der Waals surface area contributed by atoms with Gasteiger partial charge in [-0.15, -0.1) is 0 Å². The average Bonchev–Trinajstić information content (AvgIpc) is 3.48. The smallest absolute Gasteiger partial charge is 0.411 e. The fraction of sp³-hybridized carbons (Fsp3) is 0.167. The van der Waals surface area contributed by atoms with Crippen molar-refractivity contribution in [2.45, 2.75) is 25.3 Å². The van der Waals surface area contributed by atoms with Crippen LogP contribution in [0.25, 0.3) is 17.3 Å². The molecule has 14 heteroatoms. The Labute approximate surface area is 253 Å². The molecular formula is C30H24ClF3N6O4. The van der Waals surface area contributed by atoms with E-state index in [0.29, 0.717) is 28.3 Å². The lowest BCUT2D eigenvalue weighted by Gasteiger charge is -2.17. The van der Waals surface area contributed by atoms with Gasteiger partial charge in [-0.25, -0.2) is 22.9 Å². The minimum atomic E-state index is -1.01. The highest BCUT2D eigenvalue weighted by molar-refractivity contribution is 6.30. The minimum Gasteiger partial charge on any atom is -0.453 e. The van der Waals surface area contributed by atoms with Gasteiger partial charge in [-0.3, -0.25) is 19.9 Å². The van der Waals surface area contributed by atoms with Gasteiger partial charge in [0.2, 0.25) is 11.8 Å². The molecule has 3 amide bonds. The number of aromatic nitrogens is 3. The largest absolute Gasteiger partial charge is 0.453 e. The maximum atomic E-state index is 14.6. The molecule has 1 aliphatic rings. The molecule has 0 spiro atoms. The van der Waals surface area contributed by atoms with Crippen molar-refractivity contribution >= 4 is 47.0 Å². The Balaban J connectivity index is 1.52. The molecule has 2 aromatic carbocycles. The maximum Gasteiger partial charge on any atom is 0.411 e. The van der Waals surface area contributed by atoms with Gasteiger partial charge in [-0.1, -0.05) is 11.6 Å². The van der Waals surface area contributed by atoms with Crippen molar-refractivity contribution in [3.8, 4) is 11.3 Å². The van der Waals surface area contributed by atoms with Gasteiger partial charge in [0.05, 0.1) is 41.4 Å². The Morgan fingerprint density at radius 3 is 2.68 bits per heavy atom. The third-order valence-electron chi connectivity index (χ3n) is 6.72. The summed E-state index contributed by atoms with van der Waals surface area (Å²) in [6, 6.07) is 8.63. The molecule has 0 radical (unpaired) electrons. The highest BCUT2D eigenvalue weighted by Gasteiger charge is 2.22. The molecule has 4 bridgehead atoms. The predicted molar refractivity (Wildman–Crippen MR) is 156 cm³/mol. The number of hydrogen-bond donors (Lipinski definition) is 4. The number of aryl methyl sites for hydroxylation is 1. The number of ether oxygens (including phenoxy) is 1. The number of rotatable bonds is 4. The predicted octanol–water partition coefficient (Wildman–Crippen LogP) is 5.72. The quantitative estimate of drug-likeness (QED) is 0.169. The van der Waals surface area contributed by atoms with Crippen molar-refractivity contribution < 1.29 is 32.3 Å². The first-order chi connectivity index (χ1) is 21.1. The minimum absolute atomic E-state index is 0.0145. The average molecular weight is 625 g/mol. The number of aromatic amines is 1. The monoisotopic (exact) mass is 624 g/mol. The molecule has 44 heavy (non-hydrogen) atoms. The van der Waals surface area contributed by atoms with Gasteiger partial charge in [0.15, 0.2) is 5.82 Å². The van der Waals surface area contributed by atoms with Gasteiger partial charge in [0.25, 0.3) is 0 Å². The number of halogens is 4. The standard InChI is InChI=1S/C30H24ClF3N6O4/c1-44-30(43)37-16-2-4-18-23(12-16)38-27(42)11-9-22-21(33)7-3-15(36-22)13-24(29-35-14-25(18)40-29)39-26(41)10-5-17-20(32)8-6-19(31)28(17)34/h2-8,10,12,14,24H,9,11,13H2,1H3,(H,35,40)(H,37,43)(H,38,42)(H,39,41). The number of methoxy groups -OCH3 is 1. The summed E-state index contributed by atoms with van der Waals surface area (Å²) in [7, 11) is 1.21. The van der Waals surface area contributed by atoms with Crippen LogP contribution in [0.3, 0.4) is 0 Å². The van der Waals surface area contributed by atoms with Gasteiger partial charge < -0.3 is 20.4 Å². The maximum absolute atomic E-state index is 14.6. The SMILES string of the molecule is COC(=O)Nc1ccc2c(c1)NC(=O)CCc1nc(ccc1F)CC(NC(=O)C=Cc1c(F)ccc(Cl)c1F)c1ncc-2[nH]1. The summed E-state index contributed by atoms with van der Waals surface area (Å²) in [5.74, 6) is -3.36. The topological polar surface area (TPSA) is 138 Å². The molecule has 0 saturated carbocycles. The van der Waals surface area contributed by atoms with Crippen molar-refractivity contribution in [2.24, 2.45) is 0 Å². The molecule has 4 N–H and O–H groups in total. The van der Waals surface area contributed by atoms with Gasteiger partial charge in [0, 0.05) is 47.8 Å². The van der Waals surface area contributed by atoms with Crippen LogP contribution in [0.5, 0.6) is 0 Å². The summed E-state index contributed by atoms with van der Waals surface area (Å²) in [4.78, 5) is 49.5. The van der Waals surface area contributed by atoms with E-state index in [0.717, 1.165) is 24.3 Å². The van der Waals surface area contributed by atoms with Crippen molar-refractivity contribution in [1.82, 2.24) is 20.3 Å². The summed E-state index contributed by atoms with van der Waals surface area (Å²) >= 11 is 5.75. The molecule has 1 aliphatic heterocycles. The summed E-state index contributed by atoms with van der Waals surface area (Å²) in [6.07, 6.45) is 2.64. The number of carbonyl (C=O) groups is 3. The number of hydrogen-bond acceptors (Lipinski definition) is 6. The first-order valence-electron chi connectivity index (χ1n) is 13.2. The zero-order valence-electron chi connectivity index (χ0n) is 23.0. The Kier molecular flexibility index (Phi) is 8.95. The first kappa shape index (κ1) is 30.3. The molecule has 10 nitrogen and oxygen atoms in total. The van der Waals surface area contributed by atoms with E-state index in [9.17, 15) is 27.6 Å². The highest BCUT2D eigenvalue weighted by Crippen LogP contribution is 2.32. The van der Waals surface area contributed by atoms with E-state index in [1.165, 1.54) is 31.5 Å². The molecule has 5 rings (SSSR count). The molecule has 0 fully saturated rings. The van der Waals surface area contributed by atoms with Gasteiger partial charge in [-0.05, 0) is 48.5 Å². The molecule has 0 saturated heterocycles. The number of nitrogens with one attached hydrogen (secondary N) is 4. The van der Waals surface area contributed by atoms with Crippen molar-refractivity contribution in [2.75, 3.05) is 17.7 Å². The summed E-state index contributed by atoms with van der Waals surface area (Å²) in [5.41, 5.74) is 1.58. The fourth-order valence-electron chi connectivity index (χ4n) is 4.54. The van der Waals surface area contributed by atoms with E-state index in [1.54, 1.807) is 12.1 Å². The Hall–Kier alpha value is -5.17. The van der Waals surface area contributed by atoms with Crippen LogP contribution in [-0.4, -0.2) is 40.0 Å². The van der Waals surface area contributed by atoms with Gasteiger partial charge in [-0.2, -0.15) is 0 Å². The van der Waals surface area contributed by atoms with Gasteiger partial charge >= 0.3 is 6.09 Å². The highest BCUT2D eigenvalue weighted by atomic mass is 35.5. The Bertz CT molecular complexity index is 1790.